The van der Waals surface area contributed by atoms with Crippen molar-refractivity contribution in [3.05, 3.63) is 107 Å². The quantitative estimate of drug-likeness (QED) is 0.216. The van der Waals surface area contributed by atoms with Crippen molar-refractivity contribution in [1.29, 1.82) is 0 Å². The number of amidine groups is 1. The Kier molecular flexibility index (Phi) is 5.91. The molecular weight excluding hydrogens is 484 g/mol. The summed E-state index contributed by atoms with van der Waals surface area (Å²) in [6.45, 7) is 1.91. The Balaban J connectivity index is 1.38. The van der Waals surface area contributed by atoms with Gasteiger partial charge in [0.05, 0.1) is 33.6 Å². The van der Waals surface area contributed by atoms with Crippen LogP contribution in [0.5, 0.6) is 0 Å². The Bertz CT molecular complexity index is 1700. The number of hydrogen-bond acceptors (Lipinski definition) is 7. The second-order valence-electron chi connectivity index (χ2n) is 8.19. The molecule has 0 saturated carbocycles. The van der Waals surface area contributed by atoms with Gasteiger partial charge in [-0.1, -0.05) is 65.9 Å². The number of nitrogens with zero attached hydrogens (tertiary/aromatic N) is 7. The molecule has 1 aliphatic heterocycles. The number of rotatable bonds is 5. The molecule has 2 aromatic heterocycles. The van der Waals surface area contributed by atoms with Gasteiger partial charge in [0.15, 0.2) is 11.0 Å². The number of benzene rings is 3. The highest BCUT2D eigenvalue weighted by Gasteiger charge is 2.24. The van der Waals surface area contributed by atoms with Gasteiger partial charge in [-0.15, -0.1) is 10.2 Å². The standard InChI is InChI=1S/C27H20N8OS/c1-18-21(17-28-31-27-29-25(36)24(37-27)16-19-10-4-2-5-11-19)26(34(32-18)20-12-6-3-7-13-20)35-23-15-9-8-14-22(23)30-33-35/h2-17H,1H3,(H,29,31,36). The van der Waals surface area contributed by atoms with E-state index in [1.54, 1.807) is 10.9 Å². The molecule has 1 saturated heterocycles. The van der Waals surface area contributed by atoms with E-state index in [-0.39, 0.29) is 5.91 Å². The maximum absolute atomic E-state index is 12.4. The fraction of sp³-hybridized carbons (Fsp3) is 0.0370. The molecule has 0 atom stereocenters. The molecule has 0 radical (unpaired) electrons. The molecule has 9 nitrogen and oxygen atoms in total. The summed E-state index contributed by atoms with van der Waals surface area (Å²) in [6.07, 6.45) is 3.46. The van der Waals surface area contributed by atoms with Crippen LogP contribution in [0.15, 0.2) is 100 Å². The molecule has 0 spiro atoms. The van der Waals surface area contributed by atoms with Crippen LogP contribution < -0.4 is 5.32 Å². The lowest BCUT2D eigenvalue weighted by molar-refractivity contribution is -0.115. The number of aryl methyl sites for hydroxylation is 1. The van der Waals surface area contributed by atoms with Crippen molar-refractivity contribution in [2.24, 2.45) is 10.2 Å². The van der Waals surface area contributed by atoms with E-state index in [0.717, 1.165) is 33.5 Å². The van der Waals surface area contributed by atoms with Gasteiger partial charge >= 0.3 is 0 Å². The molecule has 1 aliphatic rings. The molecule has 3 aromatic carbocycles. The smallest absolute Gasteiger partial charge is 0.264 e. The summed E-state index contributed by atoms with van der Waals surface area (Å²) in [4.78, 5) is 13.0. The number of nitrogens with one attached hydrogen (secondary N) is 1. The Labute approximate surface area is 216 Å². The van der Waals surface area contributed by atoms with Crippen molar-refractivity contribution < 1.29 is 4.79 Å². The highest BCUT2D eigenvalue weighted by molar-refractivity contribution is 8.18. The lowest BCUT2D eigenvalue weighted by Gasteiger charge is -2.08. The van der Waals surface area contributed by atoms with Crippen LogP contribution in [-0.2, 0) is 4.79 Å². The first-order chi connectivity index (χ1) is 18.2. The molecule has 1 N–H and O–H groups in total. The van der Waals surface area contributed by atoms with Crippen molar-refractivity contribution in [3.63, 3.8) is 0 Å². The summed E-state index contributed by atoms with van der Waals surface area (Å²) in [5.41, 5.74) is 4.91. The van der Waals surface area contributed by atoms with Crippen LogP contribution >= 0.6 is 11.8 Å². The summed E-state index contributed by atoms with van der Waals surface area (Å²) in [5, 5.41) is 25.2. The number of carbonyl (C=O) groups excluding carboxylic acids is 1. The molecule has 10 heteroatoms. The van der Waals surface area contributed by atoms with Crippen LogP contribution in [0.2, 0.25) is 0 Å². The van der Waals surface area contributed by atoms with E-state index >= 15 is 0 Å². The largest absolute Gasteiger partial charge is 0.299 e. The summed E-state index contributed by atoms with van der Waals surface area (Å²) in [5.74, 6) is 0.486. The Hall–Kier alpha value is -4.83. The van der Waals surface area contributed by atoms with Gasteiger partial charge in [0.25, 0.3) is 5.91 Å². The first-order valence-electron chi connectivity index (χ1n) is 11.5. The Morgan fingerprint density at radius 3 is 2.46 bits per heavy atom. The first kappa shape index (κ1) is 22.6. The first-order valence-corrected chi connectivity index (χ1v) is 12.3. The minimum absolute atomic E-state index is 0.203. The lowest BCUT2D eigenvalue weighted by Crippen LogP contribution is -2.19. The maximum atomic E-state index is 12.4. The second kappa shape index (κ2) is 9.67. The molecule has 180 valence electrons. The Morgan fingerprint density at radius 2 is 1.65 bits per heavy atom. The number of para-hydroxylation sites is 2. The fourth-order valence-corrected chi connectivity index (χ4v) is 4.75. The third-order valence-electron chi connectivity index (χ3n) is 5.72. The van der Waals surface area contributed by atoms with Gasteiger partial charge in [0.2, 0.25) is 0 Å². The minimum atomic E-state index is -0.203. The number of thioether (sulfide) groups is 1. The van der Waals surface area contributed by atoms with Crippen molar-refractivity contribution in [2.75, 3.05) is 0 Å². The molecule has 0 bridgehead atoms. The van der Waals surface area contributed by atoms with Gasteiger partial charge in [-0.2, -0.15) is 14.9 Å². The molecule has 5 aromatic rings. The van der Waals surface area contributed by atoms with E-state index in [4.69, 9.17) is 5.10 Å². The predicted molar refractivity (Wildman–Crippen MR) is 146 cm³/mol. The number of fused-ring (bicyclic) bond motifs is 1. The zero-order valence-corrected chi connectivity index (χ0v) is 20.5. The third kappa shape index (κ3) is 4.45. The van der Waals surface area contributed by atoms with Crippen molar-refractivity contribution in [3.8, 4) is 11.5 Å². The summed E-state index contributed by atoms with van der Waals surface area (Å²) in [7, 11) is 0. The third-order valence-corrected chi connectivity index (χ3v) is 6.62. The second-order valence-corrected chi connectivity index (χ2v) is 9.22. The van der Waals surface area contributed by atoms with E-state index in [2.05, 4.69) is 25.8 Å². The van der Waals surface area contributed by atoms with Crippen LogP contribution in [0, 0.1) is 6.92 Å². The summed E-state index contributed by atoms with van der Waals surface area (Å²) >= 11 is 1.25. The predicted octanol–water partition coefficient (Wildman–Crippen LogP) is 4.51. The topological polar surface area (TPSA) is 102 Å². The Morgan fingerprint density at radius 1 is 0.919 bits per heavy atom. The van der Waals surface area contributed by atoms with Gasteiger partial charge < -0.3 is 0 Å². The van der Waals surface area contributed by atoms with Crippen molar-refractivity contribution in [2.45, 2.75) is 6.92 Å². The molecule has 0 unspecified atom stereocenters. The van der Waals surface area contributed by atoms with E-state index in [1.165, 1.54) is 11.8 Å². The molecule has 3 heterocycles. The fourth-order valence-electron chi connectivity index (χ4n) is 3.97. The maximum Gasteiger partial charge on any atom is 0.264 e. The summed E-state index contributed by atoms with van der Waals surface area (Å²) < 4.78 is 3.57. The number of hydrogen-bond donors (Lipinski definition) is 1. The van der Waals surface area contributed by atoms with Gasteiger partial charge in [-0.25, -0.2) is 4.68 Å². The normalized spacial score (nSPS) is 15.9. The molecule has 1 amide bonds. The minimum Gasteiger partial charge on any atom is -0.299 e. The van der Waals surface area contributed by atoms with Gasteiger partial charge in [-0.05, 0) is 54.6 Å². The summed E-state index contributed by atoms with van der Waals surface area (Å²) in [6, 6.07) is 27.2. The van der Waals surface area contributed by atoms with Crippen LogP contribution in [-0.4, -0.2) is 42.1 Å². The van der Waals surface area contributed by atoms with Gasteiger partial charge in [0, 0.05) is 0 Å². The molecule has 0 aliphatic carbocycles. The SMILES string of the molecule is Cc1nn(-c2ccccc2)c(-n2nnc3ccccc32)c1C=N/N=C1\NC(=O)C(=Cc2ccccc2)S1. The number of amides is 1. The van der Waals surface area contributed by atoms with Crippen molar-refractivity contribution >= 4 is 46.2 Å². The molecule has 6 rings (SSSR count). The molecular formula is C27H20N8OS. The van der Waals surface area contributed by atoms with Crippen LogP contribution in [0.3, 0.4) is 0 Å². The zero-order chi connectivity index (χ0) is 25.2. The highest BCUT2D eigenvalue weighted by atomic mass is 32.2. The average Bonchev–Trinajstić information content (AvgIpc) is 3.60. The van der Waals surface area contributed by atoms with E-state index in [0.29, 0.717) is 15.9 Å². The van der Waals surface area contributed by atoms with Crippen LogP contribution in [0.1, 0.15) is 16.8 Å². The lowest BCUT2D eigenvalue weighted by atomic mass is 10.2. The van der Waals surface area contributed by atoms with Crippen molar-refractivity contribution in [1.82, 2.24) is 30.1 Å². The van der Waals surface area contributed by atoms with Gasteiger partial charge in [0.1, 0.15) is 5.52 Å². The number of aromatic nitrogens is 5. The van der Waals surface area contributed by atoms with Crippen LogP contribution in [0.4, 0.5) is 0 Å². The van der Waals surface area contributed by atoms with Gasteiger partial charge in [-0.3, -0.25) is 10.1 Å². The van der Waals surface area contributed by atoms with Crippen LogP contribution in [0.25, 0.3) is 28.6 Å². The number of carbonyl (C=O) groups is 1. The van der Waals surface area contributed by atoms with E-state index < -0.39 is 0 Å². The average molecular weight is 505 g/mol. The zero-order valence-electron chi connectivity index (χ0n) is 19.7. The molecule has 1 fully saturated rings. The monoisotopic (exact) mass is 504 g/mol. The molecule has 37 heavy (non-hydrogen) atoms. The van der Waals surface area contributed by atoms with E-state index in [1.807, 2.05) is 103 Å². The highest BCUT2D eigenvalue weighted by Crippen LogP contribution is 2.27. The van der Waals surface area contributed by atoms with E-state index in [9.17, 15) is 4.79 Å².